The van der Waals surface area contributed by atoms with Crippen molar-refractivity contribution >= 4 is 21.7 Å². The van der Waals surface area contributed by atoms with Crippen molar-refractivity contribution in [2.75, 3.05) is 50.8 Å². The summed E-state index contributed by atoms with van der Waals surface area (Å²) in [7, 11) is -3.31. The lowest BCUT2D eigenvalue weighted by atomic mass is 9.72. The summed E-state index contributed by atoms with van der Waals surface area (Å²) in [5, 5.41) is -0.470. The summed E-state index contributed by atoms with van der Waals surface area (Å²) < 4.78 is 53.6. The lowest BCUT2D eigenvalue weighted by molar-refractivity contribution is -0.0528. The molecule has 3 aliphatic rings. The molecule has 5 rings (SSSR count). The van der Waals surface area contributed by atoms with E-state index in [1.54, 1.807) is 24.1 Å². The molecule has 45 heavy (non-hydrogen) atoms. The second-order valence-corrected chi connectivity index (χ2v) is 15.4. The number of benzene rings is 1. The number of hydrogen-bond donors (Lipinski definition) is 1. The molecule has 2 atom stereocenters. The first-order valence-corrected chi connectivity index (χ1v) is 17.5. The minimum Gasteiger partial charge on any atom is -0.463 e. The van der Waals surface area contributed by atoms with E-state index >= 15 is 0 Å². The van der Waals surface area contributed by atoms with Gasteiger partial charge in [-0.1, -0.05) is 13.0 Å². The average molecular weight is 647 g/mol. The van der Waals surface area contributed by atoms with Gasteiger partial charge in [-0.05, 0) is 84.7 Å². The van der Waals surface area contributed by atoms with E-state index in [4.69, 9.17) is 9.47 Å². The third-order valence-electron chi connectivity index (χ3n) is 9.25. The standard InChI is InChI=1S/C32H47FN6O5S/c1-6-36-45(41,42)27-11-10-26(43-19-27)18-37-14-12-32(13-15-37)20-38(21-32)29-28(17-34-22-35-29)44-31(4,5)39(23(2)3)30(40)24-8-7-9-25(33)16-24/h7-9,16-17,22-23,26-27,36H,6,10-15,18-21H2,1-5H3/t26-,27+/m0/s1. The number of rotatable bonds is 11. The fraction of sp³-hybridized carbons (Fsp3) is 0.656. The van der Waals surface area contributed by atoms with Crippen LogP contribution in [0.2, 0.25) is 0 Å². The fourth-order valence-corrected chi connectivity index (χ4v) is 8.36. The van der Waals surface area contributed by atoms with E-state index < -0.39 is 26.8 Å². The number of aromatic nitrogens is 2. The monoisotopic (exact) mass is 646 g/mol. The summed E-state index contributed by atoms with van der Waals surface area (Å²) in [4.78, 5) is 28.5. The zero-order chi connectivity index (χ0) is 32.4. The van der Waals surface area contributed by atoms with Crippen LogP contribution in [0.4, 0.5) is 10.2 Å². The first-order valence-electron chi connectivity index (χ1n) is 16.0. The molecule has 3 saturated heterocycles. The Hall–Kier alpha value is -2.87. The smallest absolute Gasteiger partial charge is 0.257 e. The van der Waals surface area contributed by atoms with Gasteiger partial charge in [0.05, 0.1) is 24.2 Å². The zero-order valence-electron chi connectivity index (χ0n) is 27.0. The molecule has 0 aliphatic carbocycles. The Morgan fingerprint density at radius 2 is 1.98 bits per heavy atom. The Labute approximate surface area is 266 Å². The number of sulfonamides is 1. The van der Waals surface area contributed by atoms with Gasteiger partial charge in [-0.3, -0.25) is 9.69 Å². The summed E-state index contributed by atoms with van der Waals surface area (Å²) in [6.45, 7) is 14.4. The molecule has 4 heterocycles. The second-order valence-electron chi connectivity index (χ2n) is 13.4. The van der Waals surface area contributed by atoms with Crippen molar-refractivity contribution in [3.05, 3.63) is 48.2 Å². The van der Waals surface area contributed by atoms with Gasteiger partial charge in [0.25, 0.3) is 5.91 Å². The van der Waals surface area contributed by atoms with Gasteiger partial charge in [0.15, 0.2) is 17.3 Å². The highest BCUT2D eigenvalue weighted by atomic mass is 32.2. The molecule has 248 valence electrons. The van der Waals surface area contributed by atoms with E-state index in [0.717, 1.165) is 52.0 Å². The van der Waals surface area contributed by atoms with Gasteiger partial charge in [0.2, 0.25) is 10.0 Å². The molecule has 13 heteroatoms. The number of carbonyl (C=O) groups is 1. The number of nitrogens with zero attached hydrogens (tertiary/aromatic N) is 5. The molecule has 3 fully saturated rings. The predicted octanol–water partition coefficient (Wildman–Crippen LogP) is 3.67. The number of piperidine rings is 1. The SMILES string of the molecule is CCNS(=O)(=O)[C@@H]1CC[C@@H](CN2CCC3(CC2)CN(c2ncncc2OC(C)(C)N(C(=O)c2cccc(F)c2)C(C)C)C3)OC1. The van der Waals surface area contributed by atoms with E-state index in [0.29, 0.717) is 24.5 Å². The van der Waals surface area contributed by atoms with E-state index in [1.165, 1.54) is 24.5 Å². The molecule has 0 radical (unpaired) electrons. The number of hydrogen-bond acceptors (Lipinski definition) is 9. The highest BCUT2D eigenvalue weighted by Crippen LogP contribution is 2.45. The molecule has 2 aromatic rings. The molecular formula is C32H47FN6O5S. The Morgan fingerprint density at radius 1 is 1.24 bits per heavy atom. The second kappa shape index (κ2) is 13.5. The van der Waals surface area contributed by atoms with Crippen LogP contribution >= 0.6 is 0 Å². The van der Waals surface area contributed by atoms with Crippen LogP contribution < -0.4 is 14.4 Å². The van der Waals surface area contributed by atoms with Crippen LogP contribution in [0.15, 0.2) is 36.8 Å². The van der Waals surface area contributed by atoms with Crippen molar-refractivity contribution in [1.29, 1.82) is 0 Å². The summed E-state index contributed by atoms with van der Waals surface area (Å²) in [6, 6.07) is 5.48. The summed E-state index contributed by atoms with van der Waals surface area (Å²) in [5.41, 5.74) is -0.607. The van der Waals surface area contributed by atoms with Crippen LogP contribution in [0.5, 0.6) is 5.75 Å². The minimum atomic E-state index is -3.31. The Balaban J connectivity index is 1.16. The average Bonchev–Trinajstić information content (AvgIpc) is 2.97. The van der Waals surface area contributed by atoms with Crippen molar-refractivity contribution in [3.8, 4) is 5.75 Å². The highest BCUT2D eigenvalue weighted by Gasteiger charge is 2.47. The molecule has 1 amide bonds. The molecule has 0 bridgehead atoms. The summed E-state index contributed by atoms with van der Waals surface area (Å²) in [6.07, 6.45) is 6.71. The zero-order valence-corrected chi connectivity index (χ0v) is 27.9. The normalized spacial score (nSPS) is 22.3. The van der Waals surface area contributed by atoms with E-state index in [9.17, 15) is 17.6 Å². The maximum atomic E-state index is 13.9. The molecule has 1 aromatic heterocycles. The number of anilines is 1. The Kier molecular flexibility index (Phi) is 10.0. The number of ether oxygens (including phenoxy) is 2. The molecule has 0 unspecified atom stereocenters. The van der Waals surface area contributed by atoms with Gasteiger partial charge < -0.3 is 19.3 Å². The lowest BCUT2D eigenvalue weighted by Gasteiger charge is -2.55. The molecule has 3 aliphatic heterocycles. The number of nitrogens with one attached hydrogen (secondary N) is 1. The van der Waals surface area contributed by atoms with E-state index in [1.807, 2.05) is 27.7 Å². The van der Waals surface area contributed by atoms with Crippen LogP contribution in [0, 0.1) is 11.2 Å². The maximum Gasteiger partial charge on any atom is 0.257 e. The molecule has 0 saturated carbocycles. The molecule has 1 spiro atoms. The van der Waals surface area contributed by atoms with Crippen molar-refractivity contribution in [1.82, 2.24) is 24.5 Å². The first-order chi connectivity index (χ1) is 21.3. The van der Waals surface area contributed by atoms with E-state index in [-0.39, 0.29) is 35.6 Å². The maximum absolute atomic E-state index is 13.9. The third kappa shape index (κ3) is 7.58. The molecule has 1 N–H and O–H groups in total. The van der Waals surface area contributed by atoms with Crippen LogP contribution in [-0.2, 0) is 14.8 Å². The van der Waals surface area contributed by atoms with Crippen LogP contribution in [0.25, 0.3) is 0 Å². The molecule has 11 nitrogen and oxygen atoms in total. The van der Waals surface area contributed by atoms with Gasteiger partial charge in [-0.2, -0.15) is 0 Å². The van der Waals surface area contributed by atoms with Crippen LogP contribution in [0.3, 0.4) is 0 Å². The highest BCUT2D eigenvalue weighted by molar-refractivity contribution is 7.90. The predicted molar refractivity (Wildman–Crippen MR) is 170 cm³/mol. The van der Waals surface area contributed by atoms with E-state index in [2.05, 4.69) is 24.5 Å². The summed E-state index contributed by atoms with van der Waals surface area (Å²) >= 11 is 0. The quantitative estimate of drug-likeness (QED) is 0.365. The van der Waals surface area contributed by atoms with Crippen molar-refractivity contribution < 1.29 is 27.1 Å². The number of amides is 1. The summed E-state index contributed by atoms with van der Waals surface area (Å²) in [5.74, 6) is 0.412. The van der Waals surface area contributed by atoms with Gasteiger partial charge in [0, 0.05) is 43.2 Å². The first kappa shape index (κ1) is 33.5. The van der Waals surface area contributed by atoms with Gasteiger partial charge in [-0.15, -0.1) is 0 Å². The molecular weight excluding hydrogens is 599 g/mol. The Morgan fingerprint density at radius 3 is 2.60 bits per heavy atom. The fourth-order valence-electron chi connectivity index (χ4n) is 7.02. The van der Waals surface area contributed by atoms with Gasteiger partial charge in [-0.25, -0.2) is 27.5 Å². The number of carbonyl (C=O) groups excluding carboxylic acids is 1. The van der Waals surface area contributed by atoms with Gasteiger partial charge >= 0.3 is 0 Å². The Bertz CT molecular complexity index is 1430. The van der Waals surface area contributed by atoms with Crippen molar-refractivity contribution in [2.24, 2.45) is 5.41 Å². The third-order valence-corrected chi connectivity index (χ3v) is 11.2. The van der Waals surface area contributed by atoms with Crippen LogP contribution in [0.1, 0.15) is 70.7 Å². The largest absolute Gasteiger partial charge is 0.463 e. The lowest BCUT2D eigenvalue weighted by Crippen LogP contribution is -2.61. The number of likely N-dealkylation sites (tertiary alicyclic amines) is 1. The van der Waals surface area contributed by atoms with Crippen LogP contribution in [-0.4, -0.2) is 103 Å². The molecule has 1 aromatic carbocycles. The van der Waals surface area contributed by atoms with Crippen molar-refractivity contribution in [3.63, 3.8) is 0 Å². The number of halogens is 1. The van der Waals surface area contributed by atoms with Gasteiger partial charge in [0.1, 0.15) is 12.1 Å². The topological polar surface area (TPSA) is 117 Å². The van der Waals surface area contributed by atoms with Crippen molar-refractivity contribution in [2.45, 2.75) is 83.4 Å². The minimum absolute atomic E-state index is 0.0623.